The van der Waals surface area contributed by atoms with Crippen LogP contribution in [0.25, 0.3) is 0 Å². The van der Waals surface area contributed by atoms with Gasteiger partial charge in [-0.3, -0.25) is 9.69 Å². The molecule has 0 aliphatic carbocycles. The lowest BCUT2D eigenvalue weighted by atomic mass is 10.1. The Morgan fingerprint density at radius 2 is 1.95 bits per heavy atom. The van der Waals surface area contributed by atoms with Crippen LogP contribution in [0.5, 0.6) is 0 Å². The molecule has 0 aromatic heterocycles. The number of hydrogen-bond donors (Lipinski definition) is 2. The van der Waals surface area contributed by atoms with Crippen molar-refractivity contribution in [1.29, 1.82) is 0 Å². The van der Waals surface area contributed by atoms with Gasteiger partial charge in [-0.05, 0) is 37.0 Å². The van der Waals surface area contributed by atoms with Gasteiger partial charge in [-0.15, -0.1) is 0 Å². The van der Waals surface area contributed by atoms with Crippen molar-refractivity contribution in [3.8, 4) is 0 Å². The van der Waals surface area contributed by atoms with Crippen molar-refractivity contribution in [2.75, 3.05) is 26.2 Å². The van der Waals surface area contributed by atoms with Crippen LogP contribution in [0.2, 0.25) is 5.02 Å². The zero-order chi connectivity index (χ0) is 14.4. The molecule has 1 heterocycles. The molecule has 1 aromatic carbocycles. The van der Waals surface area contributed by atoms with Crippen LogP contribution in [-0.4, -0.2) is 48.2 Å². The summed E-state index contributed by atoms with van der Waals surface area (Å²) in [6.07, 6.45) is 2.14. The molecule has 0 saturated carbocycles. The smallest absolute Gasteiger partial charge is 0.234 e. The predicted molar refractivity (Wildman–Crippen MR) is 79.8 cm³/mol. The highest BCUT2D eigenvalue weighted by Crippen LogP contribution is 2.10. The molecule has 1 saturated heterocycles. The normalized spacial score (nSPS) is 17.1. The second-order valence-corrected chi connectivity index (χ2v) is 5.67. The van der Waals surface area contributed by atoms with E-state index in [2.05, 4.69) is 10.2 Å². The summed E-state index contributed by atoms with van der Waals surface area (Å²) in [5.74, 6) is 0.0513. The Labute approximate surface area is 124 Å². The van der Waals surface area contributed by atoms with Crippen LogP contribution in [0.3, 0.4) is 0 Å². The summed E-state index contributed by atoms with van der Waals surface area (Å²) in [6, 6.07) is 7.66. The number of aliphatic hydroxyl groups is 1. The number of amides is 1. The van der Waals surface area contributed by atoms with E-state index >= 15 is 0 Å². The molecule has 4 nitrogen and oxygen atoms in total. The van der Waals surface area contributed by atoms with Gasteiger partial charge < -0.3 is 10.4 Å². The minimum Gasteiger partial charge on any atom is -0.393 e. The first-order chi connectivity index (χ1) is 9.63. The maximum atomic E-state index is 11.8. The molecule has 5 heteroatoms. The summed E-state index contributed by atoms with van der Waals surface area (Å²) in [4.78, 5) is 13.9. The predicted octanol–water partition coefficient (Wildman–Crippen LogP) is 1.46. The summed E-state index contributed by atoms with van der Waals surface area (Å²) in [7, 11) is 0. The molecule has 1 fully saturated rings. The molecular formula is C15H21ClN2O2. The molecule has 0 unspecified atom stereocenters. The van der Waals surface area contributed by atoms with E-state index in [1.807, 2.05) is 24.3 Å². The Balaban J connectivity index is 1.64. The van der Waals surface area contributed by atoms with E-state index in [1.54, 1.807) is 0 Å². The van der Waals surface area contributed by atoms with Crippen molar-refractivity contribution in [3.63, 3.8) is 0 Å². The molecule has 1 amide bonds. The Morgan fingerprint density at radius 3 is 2.60 bits per heavy atom. The number of halogens is 1. The summed E-state index contributed by atoms with van der Waals surface area (Å²) >= 11 is 5.82. The van der Waals surface area contributed by atoms with Gasteiger partial charge in [0.25, 0.3) is 0 Å². The third-order valence-corrected chi connectivity index (χ3v) is 3.83. The number of nitrogens with zero attached hydrogens (tertiary/aromatic N) is 1. The number of piperidine rings is 1. The van der Waals surface area contributed by atoms with E-state index in [9.17, 15) is 9.90 Å². The highest BCUT2D eigenvalue weighted by Gasteiger charge is 2.18. The highest BCUT2D eigenvalue weighted by atomic mass is 35.5. The Hall–Kier alpha value is -1.10. The zero-order valence-electron chi connectivity index (χ0n) is 11.5. The van der Waals surface area contributed by atoms with E-state index in [-0.39, 0.29) is 12.0 Å². The fraction of sp³-hybridized carbons (Fsp3) is 0.533. The van der Waals surface area contributed by atoms with E-state index < -0.39 is 0 Å². The molecule has 110 valence electrons. The van der Waals surface area contributed by atoms with Crippen LogP contribution in [0.1, 0.15) is 18.4 Å². The molecule has 2 rings (SSSR count). The molecular weight excluding hydrogens is 276 g/mol. The van der Waals surface area contributed by atoms with Crippen molar-refractivity contribution in [1.82, 2.24) is 10.2 Å². The van der Waals surface area contributed by atoms with Crippen molar-refractivity contribution < 1.29 is 9.90 Å². The molecule has 0 radical (unpaired) electrons. The van der Waals surface area contributed by atoms with Crippen molar-refractivity contribution >= 4 is 17.5 Å². The van der Waals surface area contributed by atoms with Gasteiger partial charge in [0.05, 0.1) is 12.6 Å². The Morgan fingerprint density at radius 1 is 1.30 bits per heavy atom. The fourth-order valence-corrected chi connectivity index (χ4v) is 2.46. The molecule has 0 bridgehead atoms. The molecule has 0 spiro atoms. The van der Waals surface area contributed by atoms with Gasteiger partial charge in [-0.1, -0.05) is 23.7 Å². The summed E-state index contributed by atoms with van der Waals surface area (Å²) < 4.78 is 0. The van der Waals surface area contributed by atoms with Crippen LogP contribution < -0.4 is 5.32 Å². The summed E-state index contributed by atoms with van der Waals surface area (Å²) in [5, 5.41) is 13.1. The molecule has 0 atom stereocenters. The Bertz CT molecular complexity index is 428. The van der Waals surface area contributed by atoms with Crippen LogP contribution in [0.15, 0.2) is 24.3 Å². The molecule has 1 aliphatic rings. The van der Waals surface area contributed by atoms with Crippen molar-refractivity contribution in [3.05, 3.63) is 34.9 Å². The lowest BCUT2D eigenvalue weighted by molar-refractivity contribution is -0.122. The van der Waals surface area contributed by atoms with E-state index in [4.69, 9.17) is 11.6 Å². The third kappa shape index (κ3) is 5.12. The number of likely N-dealkylation sites (tertiary alicyclic amines) is 1. The average molecular weight is 297 g/mol. The third-order valence-electron chi connectivity index (χ3n) is 3.57. The second-order valence-electron chi connectivity index (χ2n) is 5.23. The molecule has 1 aliphatic heterocycles. The lowest BCUT2D eigenvalue weighted by Crippen LogP contribution is -2.42. The van der Waals surface area contributed by atoms with Crippen LogP contribution in [0, 0.1) is 0 Å². The van der Waals surface area contributed by atoms with Gasteiger partial charge in [0.15, 0.2) is 0 Å². The van der Waals surface area contributed by atoms with Gasteiger partial charge in [-0.2, -0.15) is 0 Å². The first-order valence-electron chi connectivity index (χ1n) is 7.05. The maximum Gasteiger partial charge on any atom is 0.234 e. The SMILES string of the molecule is O=C(CN1CCC(O)CC1)NCCc1ccc(Cl)cc1. The monoisotopic (exact) mass is 296 g/mol. The summed E-state index contributed by atoms with van der Waals surface area (Å²) in [6.45, 7) is 2.65. The number of carbonyl (C=O) groups is 1. The van der Waals surface area contributed by atoms with Crippen LogP contribution >= 0.6 is 11.6 Å². The maximum absolute atomic E-state index is 11.8. The van der Waals surface area contributed by atoms with Gasteiger partial charge in [-0.25, -0.2) is 0 Å². The quantitative estimate of drug-likeness (QED) is 0.865. The number of aliphatic hydroxyl groups excluding tert-OH is 1. The first kappa shape index (κ1) is 15.3. The van der Waals surface area contributed by atoms with Crippen molar-refractivity contribution in [2.45, 2.75) is 25.4 Å². The van der Waals surface area contributed by atoms with E-state index in [0.717, 1.165) is 42.9 Å². The minimum atomic E-state index is -0.195. The number of hydrogen-bond acceptors (Lipinski definition) is 3. The standard InChI is InChI=1S/C15H21ClN2O2/c16-13-3-1-12(2-4-13)5-8-17-15(20)11-18-9-6-14(19)7-10-18/h1-4,14,19H,5-11H2,(H,17,20). The highest BCUT2D eigenvalue weighted by molar-refractivity contribution is 6.30. The first-order valence-corrected chi connectivity index (χ1v) is 7.43. The number of rotatable bonds is 5. The van der Waals surface area contributed by atoms with E-state index in [0.29, 0.717) is 13.1 Å². The van der Waals surface area contributed by atoms with Gasteiger partial charge in [0.2, 0.25) is 5.91 Å². The van der Waals surface area contributed by atoms with Gasteiger partial charge in [0.1, 0.15) is 0 Å². The molecule has 2 N–H and O–H groups in total. The molecule has 1 aromatic rings. The van der Waals surface area contributed by atoms with Gasteiger partial charge >= 0.3 is 0 Å². The zero-order valence-corrected chi connectivity index (χ0v) is 12.3. The largest absolute Gasteiger partial charge is 0.393 e. The van der Waals surface area contributed by atoms with Crippen LogP contribution in [0.4, 0.5) is 0 Å². The molecule has 20 heavy (non-hydrogen) atoms. The topological polar surface area (TPSA) is 52.6 Å². The Kier molecular flexibility index (Phi) is 5.83. The average Bonchev–Trinajstić information content (AvgIpc) is 2.44. The van der Waals surface area contributed by atoms with E-state index in [1.165, 1.54) is 0 Å². The van der Waals surface area contributed by atoms with Gasteiger partial charge in [0, 0.05) is 24.7 Å². The second kappa shape index (κ2) is 7.62. The summed E-state index contributed by atoms with van der Waals surface area (Å²) in [5.41, 5.74) is 1.16. The minimum absolute atomic E-state index is 0.0513. The number of carbonyl (C=O) groups excluding carboxylic acids is 1. The van der Waals surface area contributed by atoms with Crippen molar-refractivity contribution in [2.24, 2.45) is 0 Å². The van der Waals surface area contributed by atoms with Crippen LogP contribution in [-0.2, 0) is 11.2 Å². The number of nitrogens with one attached hydrogen (secondary N) is 1. The fourth-order valence-electron chi connectivity index (χ4n) is 2.33. The lowest BCUT2D eigenvalue weighted by Gasteiger charge is -2.28. The number of benzene rings is 1.